The molecule has 0 spiro atoms. The number of nitrogens with one attached hydrogen (secondary N) is 1. The Balaban J connectivity index is 1.60. The predicted octanol–water partition coefficient (Wildman–Crippen LogP) is 4.04. The van der Waals surface area contributed by atoms with Gasteiger partial charge in [0, 0.05) is 19.0 Å². The number of amides is 2. The number of benzene rings is 1. The van der Waals surface area contributed by atoms with Crippen LogP contribution >= 0.6 is 11.6 Å². The number of aryl methyl sites for hydroxylation is 2. The van der Waals surface area contributed by atoms with Crippen molar-refractivity contribution in [2.24, 2.45) is 5.92 Å². The summed E-state index contributed by atoms with van der Waals surface area (Å²) >= 11 is 6.26. The van der Waals surface area contributed by atoms with Crippen molar-refractivity contribution >= 4 is 29.1 Å². The van der Waals surface area contributed by atoms with Crippen molar-refractivity contribution < 1.29 is 14.0 Å². The second-order valence-corrected chi connectivity index (χ2v) is 6.88. The van der Waals surface area contributed by atoms with Crippen molar-refractivity contribution in [3.63, 3.8) is 0 Å². The molecular formula is C19H21ClN2O3. The zero-order chi connectivity index (χ0) is 18.0. The fraction of sp³-hybridized carbons (Fsp3) is 0.368. The second-order valence-electron chi connectivity index (χ2n) is 6.47. The first-order valence-electron chi connectivity index (χ1n) is 8.36. The number of carbonyl (C=O) groups excluding carboxylic acids is 2. The van der Waals surface area contributed by atoms with Gasteiger partial charge < -0.3 is 14.6 Å². The molecule has 1 fully saturated rings. The number of hydrogen-bond donors (Lipinski definition) is 1. The molecule has 1 aromatic carbocycles. The summed E-state index contributed by atoms with van der Waals surface area (Å²) in [6.07, 6.45) is 2.74. The average molecular weight is 361 g/mol. The van der Waals surface area contributed by atoms with Gasteiger partial charge >= 0.3 is 0 Å². The van der Waals surface area contributed by atoms with Crippen LogP contribution in [0.25, 0.3) is 0 Å². The first kappa shape index (κ1) is 17.5. The largest absolute Gasteiger partial charge is 0.459 e. The number of piperidine rings is 1. The summed E-state index contributed by atoms with van der Waals surface area (Å²) in [7, 11) is 0. The van der Waals surface area contributed by atoms with Crippen LogP contribution in [0.1, 0.15) is 34.5 Å². The molecule has 25 heavy (non-hydrogen) atoms. The molecule has 0 radical (unpaired) electrons. The Bertz CT molecular complexity index is 755. The van der Waals surface area contributed by atoms with Gasteiger partial charge in [0.05, 0.1) is 17.0 Å². The van der Waals surface area contributed by atoms with Gasteiger partial charge in [-0.2, -0.15) is 0 Å². The van der Waals surface area contributed by atoms with Gasteiger partial charge in [-0.1, -0.05) is 17.7 Å². The molecule has 2 aromatic rings. The molecule has 1 aliphatic heterocycles. The molecule has 1 saturated heterocycles. The van der Waals surface area contributed by atoms with Crippen molar-refractivity contribution in [2.45, 2.75) is 26.7 Å². The summed E-state index contributed by atoms with van der Waals surface area (Å²) in [6, 6.07) is 7.19. The molecule has 0 atom stereocenters. The van der Waals surface area contributed by atoms with Crippen molar-refractivity contribution in [3.05, 3.63) is 52.4 Å². The van der Waals surface area contributed by atoms with Gasteiger partial charge in [0.1, 0.15) is 0 Å². The van der Waals surface area contributed by atoms with Gasteiger partial charge in [-0.3, -0.25) is 9.59 Å². The van der Waals surface area contributed by atoms with E-state index in [-0.39, 0.29) is 17.7 Å². The van der Waals surface area contributed by atoms with Crippen LogP contribution in [0.4, 0.5) is 5.69 Å². The highest BCUT2D eigenvalue weighted by Crippen LogP contribution is 2.29. The molecule has 6 heteroatoms. The van der Waals surface area contributed by atoms with Gasteiger partial charge in [-0.05, 0) is 56.0 Å². The van der Waals surface area contributed by atoms with Gasteiger partial charge in [0.15, 0.2) is 5.76 Å². The number of hydrogen-bond acceptors (Lipinski definition) is 3. The highest BCUT2D eigenvalue weighted by atomic mass is 35.5. The standard InChI is InChI=1S/C19H21ClN2O3/c1-12-10-13(2)17(15(20)11-12)21-18(23)14-5-7-22(8-6-14)19(24)16-4-3-9-25-16/h3-4,9-11,14H,5-8H2,1-2H3,(H,21,23). The van der Waals surface area contributed by atoms with Crippen LogP contribution in [0.15, 0.2) is 34.9 Å². The number of rotatable bonds is 3. The fourth-order valence-corrected chi connectivity index (χ4v) is 3.57. The van der Waals surface area contributed by atoms with E-state index in [1.54, 1.807) is 17.0 Å². The summed E-state index contributed by atoms with van der Waals surface area (Å²) in [5, 5.41) is 3.51. The van der Waals surface area contributed by atoms with Gasteiger partial charge in [0.25, 0.3) is 5.91 Å². The number of anilines is 1. The van der Waals surface area contributed by atoms with E-state index in [2.05, 4.69) is 5.32 Å². The maximum absolute atomic E-state index is 12.6. The Labute approximate surface area is 151 Å². The minimum atomic E-state index is -0.127. The Morgan fingerprint density at radius 2 is 1.96 bits per heavy atom. The smallest absolute Gasteiger partial charge is 0.289 e. The highest BCUT2D eigenvalue weighted by molar-refractivity contribution is 6.34. The van der Waals surface area contributed by atoms with Crippen molar-refractivity contribution in [3.8, 4) is 0 Å². The van der Waals surface area contributed by atoms with E-state index in [1.165, 1.54) is 6.26 Å². The number of likely N-dealkylation sites (tertiary alicyclic amines) is 1. The van der Waals surface area contributed by atoms with E-state index in [9.17, 15) is 9.59 Å². The second kappa shape index (κ2) is 7.31. The maximum atomic E-state index is 12.6. The maximum Gasteiger partial charge on any atom is 0.289 e. The lowest BCUT2D eigenvalue weighted by Crippen LogP contribution is -2.41. The SMILES string of the molecule is Cc1cc(C)c(NC(=O)C2CCN(C(=O)c3ccco3)CC2)c(Cl)c1. The molecule has 1 aliphatic rings. The normalized spacial score (nSPS) is 15.2. The van der Waals surface area contributed by atoms with Crippen LogP contribution in [0, 0.1) is 19.8 Å². The van der Waals surface area contributed by atoms with E-state index in [0.717, 1.165) is 11.1 Å². The first-order chi connectivity index (χ1) is 12.0. The lowest BCUT2D eigenvalue weighted by Gasteiger charge is -2.31. The quantitative estimate of drug-likeness (QED) is 0.898. The van der Waals surface area contributed by atoms with Crippen molar-refractivity contribution in [1.82, 2.24) is 4.90 Å². The van der Waals surface area contributed by atoms with E-state index in [0.29, 0.717) is 42.4 Å². The fourth-order valence-electron chi connectivity index (χ4n) is 3.20. The highest BCUT2D eigenvalue weighted by Gasteiger charge is 2.29. The molecule has 0 bridgehead atoms. The summed E-state index contributed by atoms with van der Waals surface area (Å²) in [5.41, 5.74) is 2.68. The summed E-state index contributed by atoms with van der Waals surface area (Å²) in [4.78, 5) is 26.6. The third-order valence-corrected chi connectivity index (χ3v) is 4.86. The van der Waals surface area contributed by atoms with E-state index in [4.69, 9.17) is 16.0 Å². The van der Waals surface area contributed by atoms with Crippen molar-refractivity contribution in [1.29, 1.82) is 0 Å². The van der Waals surface area contributed by atoms with Crippen LogP contribution < -0.4 is 5.32 Å². The van der Waals surface area contributed by atoms with Gasteiger partial charge in [-0.15, -0.1) is 0 Å². The van der Waals surface area contributed by atoms with Crippen molar-refractivity contribution in [2.75, 3.05) is 18.4 Å². The van der Waals surface area contributed by atoms with Gasteiger partial charge in [0.2, 0.25) is 5.91 Å². The van der Waals surface area contributed by atoms with Gasteiger partial charge in [-0.25, -0.2) is 0 Å². The molecular weight excluding hydrogens is 340 g/mol. The van der Waals surface area contributed by atoms with Crippen LogP contribution in [0.2, 0.25) is 5.02 Å². The topological polar surface area (TPSA) is 62.6 Å². The molecule has 132 valence electrons. The molecule has 1 N–H and O–H groups in total. The number of halogens is 1. The van der Waals surface area contributed by atoms with Crippen LogP contribution in [-0.4, -0.2) is 29.8 Å². The molecule has 0 saturated carbocycles. The van der Waals surface area contributed by atoms with E-state index < -0.39 is 0 Å². The van der Waals surface area contributed by atoms with Crippen LogP contribution in [0.5, 0.6) is 0 Å². The molecule has 3 rings (SSSR count). The lowest BCUT2D eigenvalue weighted by atomic mass is 9.95. The molecule has 5 nitrogen and oxygen atoms in total. The number of carbonyl (C=O) groups is 2. The number of furan rings is 1. The Hall–Kier alpha value is -2.27. The average Bonchev–Trinajstić information content (AvgIpc) is 3.12. The molecule has 2 amide bonds. The number of nitrogens with zero attached hydrogens (tertiary/aromatic N) is 1. The minimum Gasteiger partial charge on any atom is -0.459 e. The molecule has 0 aliphatic carbocycles. The molecule has 1 aromatic heterocycles. The van der Waals surface area contributed by atoms with E-state index >= 15 is 0 Å². The third kappa shape index (κ3) is 3.87. The minimum absolute atomic E-state index is 0.0426. The Kier molecular flexibility index (Phi) is 5.13. The monoisotopic (exact) mass is 360 g/mol. The Morgan fingerprint density at radius 3 is 2.56 bits per heavy atom. The molecule has 0 unspecified atom stereocenters. The zero-order valence-corrected chi connectivity index (χ0v) is 15.1. The third-order valence-electron chi connectivity index (χ3n) is 4.56. The summed E-state index contributed by atoms with van der Waals surface area (Å²) < 4.78 is 5.15. The Morgan fingerprint density at radius 1 is 1.24 bits per heavy atom. The summed E-state index contributed by atoms with van der Waals surface area (Å²) in [6.45, 7) is 4.98. The molecule has 2 heterocycles. The van der Waals surface area contributed by atoms with Crippen LogP contribution in [-0.2, 0) is 4.79 Å². The lowest BCUT2D eigenvalue weighted by molar-refractivity contribution is -0.121. The van der Waals surface area contributed by atoms with E-state index in [1.807, 2.05) is 26.0 Å². The zero-order valence-electron chi connectivity index (χ0n) is 14.3. The predicted molar refractivity (Wildman–Crippen MR) is 96.9 cm³/mol. The van der Waals surface area contributed by atoms with Crippen LogP contribution in [0.3, 0.4) is 0 Å². The summed E-state index contributed by atoms with van der Waals surface area (Å²) in [5.74, 6) is 0.0441. The first-order valence-corrected chi connectivity index (χ1v) is 8.74.